The Hall–Kier alpha value is -3.72. The molecule has 2 aromatic carbocycles. The van der Waals surface area contributed by atoms with Crippen LogP contribution in [0.1, 0.15) is 26.3 Å². The van der Waals surface area contributed by atoms with Crippen LogP contribution in [0.4, 0.5) is 33.5 Å². The van der Waals surface area contributed by atoms with Gasteiger partial charge in [-0.15, -0.1) is 3.89 Å². The Morgan fingerprint density at radius 2 is 1.95 bits per heavy atom. The fourth-order valence-electron chi connectivity index (χ4n) is 3.46. The number of rotatable bonds is 9. The lowest BCUT2D eigenvalue weighted by Gasteiger charge is -2.24. The molecule has 0 unspecified atom stereocenters. The number of carbonyl (C=O) groups excluding carboxylic acids is 2. The lowest BCUT2D eigenvalue weighted by Crippen LogP contribution is -2.36. The van der Waals surface area contributed by atoms with Crippen molar-refractivity contribution < 1.29 is 36.2 Å². The molecule has 2 amide bonds. The van der Waals surface area contributed by atoms with E-state index in [0.29, 0.717) is 6.07 Å². The summed E-state index contributed by atoms with van der Waals surface area (Å²) in [6.07, 6.45) is -0.350. The van der Waals surface area contributed by atoms with E-state index < -0.39 is 40.5 Å². The van der Waals surface area contributed by atoms with Crippen LogP contribution in [0, 0.1) is 17.5 Å². The number of fused-ring (bicyclic) bond motifs is 1. The zero-order chi connectivity index (χ0) is 29.8. The van der Waals surface area contributed by atoms with Crippen molar-refractivity contribution >= 4 is 64.9 Å². The molecule has 0 radical (unpaired) electrons. The highest BCUT2D eigenvalue weighted by atomic mass is 35.5. The number of amides is 2. The molecule has 1 aromatic heterocycles. The number of oxime groups is 1. The molecule has 1 N–H and O–H groups in total. The predicted octanol–water partition coefficient (Wildman–Crippen LogP) is 5.74. The maximum Gasteiger partial charge on any atom is 0.410 e. The number of nitrogens with zero attached hydrogens (tertiary/aromatic N) is 5. The third-order valence-corrected chi connectivity index (χ3v) is 6.00. The molecule has 0 aliphatic heterocycles. The van der Waals surface area contributed by atoms with Gasteiger partial charge in [0.1, 0.15) is 24.0 Å². The summed E-state index contributed by atoms with van der Waals surface area (Å²) >= 11 is 5.46. The van der Waals surface area contributed by atoms with E-state index in [0.717, 1.165) is 28.1 Å². The van der Waals surface area contributed by atoms with E-state index in [2.05, 4.69) is 15.5 Å². The molecule has 3 rings (SSSR count). The Bertz CT molecular complexity index is 1450. The van der Waals surface area contributed by atoms with E-state index in [1.54, 1.807) is 20.8 Å². The average molecular weight is 605 g/mol. The molecule has 0 fully saturated rings. The molecule has 40 heavy (non-hydrogen) atoms. The fraction of sp³-hybridized carbons (Fsp3) is 0.333. The third-order valence-electron chi connectivity index (χ3n) is 5.22. The van der Waals surface area contributed by atoms with Crippen molar-refractivity contribution in [2.75, 3.05) is 37.5 Å². The second-order valence-corrected chi connectivity index (χ2v) is 10.1. The summed E-state index contributed by atoms with van der Waals surface area (Å²) in [5.41, 5.74) is -1.90. The highest BCUT2D eigenvalue weighted by Gasteiger charge is 2.28. The van der Waals surface area contributed by atoms with Crippen LogP contribution in [0.2, 0.25) is 5.02 Å². The highest BCUT2D eigenvalue weighted by Crippen LogP contribution is 2.34. The van der Waals surface area contributed by atoms with Gasteiger partial charge in [0.2, 0.25) is 12.4 Å². The predicted molar refractivity (Wildman–Crippen MR) is 145 cm³/mol. The number of aromatic nitrogens is 2. The minimum atomic E-state index is -1.39. The first-order valence-electron chi connectivity index (χ1n) is 11.5. The Morgan fingerprint density at radius 3 is 2.52 bits per heavy atom. The molecule has 0 aliphatic carbocycles. The highest BCUT2D eigenvalue weighted by molar-refractivity contribution is 7.93. The molecule has 216 valence electrons. The van der Waals surface area contributed by atoms with E-state index in [-0.39, 0.29) is 59.6 Å². The summed E-state index contributed by atoms with van der Waals surface area (Å²) in [6, 6.07) is 3.96. The quantitative estimate of drug-likeness (QED) is 0.109. The number of likely N-dealkylation sites (N-methyl/N-ethyl adjacent to an activating group) is 1. The molecule has 3 aromatic rings. The Labute approximate surface area is 236 Å². The fourth-order valence-corrected chi connectivity index (χ4v) is 4.06. The molecular weight excluding hydrogens is 580 g/mol. The van der Waals surface area contributed by atoms with Gasteiger partial charge in [0.05, 0.1) is 21.8 Å². The zero-order valence-corrected chi connectivity index (χ0v) is 23.5. The summed E-state index contributed by atoms with van der Waals surface area (Å²) in [5, 5.41) is 6.21. The van der Waals surface area contributed by atoms with Crippen LogP contribution in [-0.4, -0.2) is 65.0 Å². The van der Waals surface area contributed by atoms with Crippen LogP contribution < -0.4 is 10.2 Å². The van der Waals surface area contributed by atoms with E-state index in [1.165, 1.54) is 18.0 Å². The number of nitrogens with one attached hydrogen (secondary N) is 1. The molecule has 16 heteroatoms. The maximum absolute atomic E-state index is 14.9. The van der Waals surface area contributed by atoms with E-state index >= 15 is 0 Å². The number of amidine groups is 1. The Kier molecular flexibility index (Phi) is 9.73. The van der Waals surface area contributed by atoms with Crippen LogP contribution in [0.25, 0.3) is 11.0 Å². The Morgan fingerprint density at radius 1 is 1.25 bits per heavy atom. The maximum atomic E-state index is 14.9. The first-order chi connectivity index (χ1) is 18.8. The summed E-state index contributed by atoms with van der Waals surface area (Å²) in [4.78, 5) is 35.2. The lowest BCUT2D eigenvalue weighted by atomic mass is 10.1. The van der Waals surface area contributed by atoms with Crippen LogP contribution in [0.15, 0.2) is 29.4 Å². The van der Waals surface area contributed by atoms with Gasteiger partial charge < -0.3 is 19.8 Å². The van der Waals surface area contributed by atoms with Crippen molar-refractivity contribution in [2.24, 2.45) is 5.16 Å². The second-order valence-electron chi connectivity index (χ2n) is 9.22. The first-order valence-corrected chi connectivity index (χ1v) is 12.6. The molecule has 0 bridgehead atoms. The SMILES string of the molecule is CO/N=C(/c1cc(F)c(F)c2nc(NCCN(C)C(=O)OC(C)(C)C)n(SF)c12)N(C=O)c1ccc(F)c(Cl)c1. The second kappa shape index (κ2) is 12.6. The number of hydrogen-bond acceptors (Lipinski definition) is 8. The number of ether oxygens (including phenoxy) is 1. The summed E-state index contributed by atoms with van der Waals surface area (Å²) in [6.45, 7) is 5.23. The van der Waals surface area contributed by atoms with Crippen LogP contribution in [-0.2, 0) is 14.4 Å². The number of imidazole rings is 1. The van der Waals surface area contributed by atoms with E-state index in [1.807, 2.05) is 0 Å². The van der Waals surface area contributed by atoms with Crippen molar-refractivity contribution in [3.05, 3.63) is 52.3 Å². The van der Waals surface area contributed by atoms with Crippen molar-refractivity contribution in [3.8, 4) is 0 Å². The molecule has 0 aliphatic rings. The molecule has 10 nitrogen and oxygen atoms in total. The molecule has 0 spiro atoms. The van der Waals surface area contributed by atoms with Crippen molar-refractivity contribution in [2.45, 2.75) is 26.4 Å². The van der Waals surface area contributed by atoms with Gasteiger partial charge in [0.15, 0.2) is 29.8 Å². The number of anilines is 2. The molecule has 0 saturated carbocycles. The van der Waals surface area contributed by atoms with Crippen molar-refractivity contribution in [1.29, 1.82) is 0 Å². The number of carbonyl (C=O) groups is 2. The van der Waals surface area contributed by atoms with E-state index in [4.69, 9.17) is 21.2 Å². The van der Waals surface area contributed by atoms with Gasteiger partial charge in [-0.25, -0.2) is 26.9 Å². The van der Waals surface area contributed by atoms with Gasteiger partial charge in [-0.2, -0.15) is 0 Å². The molecule has 1 heterocycles. The van der Waals surface area contributed by atoms with Crippen LogP contribution in [0.3, 0.4) is 0 Å². The molecule has 0 atom stereocenters. The third kappa shape index (κ3) is 6.70. The van der Waals surface area contributed by atoms with Gasteiger partial charge in [0.25, 0.3) is 0 Å². The summed E-state index contributed by atoms with van der Waals surface area (Å²) in [7, 11) is 2.62. The zero-order valence-electron chi connectivity index (χ0n) is 22.0. The van der Waals surface area contributed by atoms with Gasteiger partial charge in [-0.3, -0.25) is 9.69 Å². The van der Waals surface area contributed by atoms with Gasteiger partial charge in [-0.1, -0.05) is 16.8 Å². The molecular formula is C24H25ClF4N6O4S. The minimum absolute atomic E-state index is 0.00224. The monoisotopic (exact) mass is 604 g/mol. The molecule has 0 saturated heterocycles. The van der Waals surface area contributed by atoms with Gasteiger partial charge in [-0.05, 0) is 45.0 Å². The van der Waals surface area contributed by atoms with Crippen LogP contribution in [0.5, 0.6) is 0 Å². The summed E-state index contributed by atoms with van der Waals surface area (Å²) < 4.78 is 63.7. The Balaban J connectivity index is 2.06. The smallest absolute Gasteiger partial charge is 0.410 e. The topological polar surface area (TPSA) is 101 Å². The van der Waals surface area contributed by atoms with Gasteiger partial charge in [0, 0.05) is 20.1 Å². The normalized spacial score (nSPS) is 11.9. The number of benzene rings is 2. The van der Waals surface area contributed by atoms with Crippen molar-refractivity contribution in [3.63, 3.8) is 0 Å². The number of halogens is 5. The first kappa shape index (κ1) is 30.8. The average Bonchev–Trinajstić information content (AvgIpc) is 3.25. The van der Waals surface area contributed by atoms with Crippen molar-refractivity contribution in [1.82, 2.24) is 13.9 Å². The lowest BCUT2D eigenvalue weighted by molar-refractivity contribution is -0.106. The van der Waals surface area contributed by atoms with Crippen LogP contribution >= 0.6 is 23.9 Å². The van der Waals surface area contributed by atoms with Gasteiger partial charge >= 0.3 is 6.09 Å². The summed E-state index contributed by atoms with van der Waals surface area (Å²) in [5.74, 6) is -4.17. The minimum Gasteiger partial charge on any atom is -0.444 e. The standard InChI is InChI=1S/C24H25ClF4N6O4S/c1-24(2,3)39-23(37)33(4)9-8-30-22-31-19-18(28)17(27)11-14(20(19)35(22)40-29)21(32-38-5)34(12-36)13-6-7-16(26)15(25)10-13/h6-7,10-12H,8-9H2,1-5H3,(H,30,31)/b32-21-. The van der Waals surface area contributed by atoms with E-state index in [9.17, 15) is 26.6 Å². The number of hydrogen-bond donors (Lipinski definition) is 1. The largest absolute Gasteiger partial charge is 0.444 e.